The number of unbranched alkanes of at least 4 members (excludes halogenated alkanes) is 1. The maximum absolute atomic E-state index is 12.5. The van der Waals surface area contributed by atoms with E-state index < -0.39 is 5.97 Å². The Balaban J connectivity index is 1.36. The average Bonchev–Trinajstić information content (AvgIpc) is 3.20. The molecule has 0 atom stereocenters. The second-order valence-corrected chi connectivity index (χ2v) is 7.91. The molecule has 30 heavy (non-hydrogen) atoms. The zero-order valence-electron chi connectivity index (χ0n) is 17.7. The van der Waals surface area contributed by atoms with E-state index in [-0.39, 0.29) is 0 Å². The molecule has 3 aromatic rings. The molecule has 7 heteroatoms. The van der Waals surface area contributed by atoms with Crippen molar-refractivity contribution in [1.29, 1.82) is 0 Å². The SMILES string of the molecule is CCCCN1CCC(N(C)c2ccc(C(=O)On3nnc4ccccc43)cc2)CC1. The third-order valence-corrected chi connectivity index (χ3v) is 5.93. The van der Waals surface area contributed by atoms with Gasteiger partial charge in [-0.2, -0.15) is 0 Å². The number of fused-ring (bicyclic) bond motifs is 1. The van der Waals surface area contributed by atoms with E-state index in [2.05, 4.69) is 34.1 Å². The van der Waals surface area contributed by atoms with Gasteiger partial charge in [0.25, 0.3) is 0 Å². The van der Waals surface area contributed by atoms with Gasteiger partial charge in [0.1, 0.15) is 11.0 Å². The van der Waals surface area contributed by atoms with E-state index in [1.54, 1.807) is 0 Å². The largest absolute Gasteiger partial charge is 0.372 e. The van der Waals surface area contributed by atoms with Crippen LogP contribution in [0.1, 0.15) is 43.0 Å². The number of hydrogen-bond acceptors (Lipinski definition) is 6. The fourth-order valence-electron chi connectivity index (χ4n) is 4.00. The second kappa shape index (κ2) is 9.26. The summed E-state index contributed by atoms with van der Waals surface area (Å²) in [5.41, 5.74) is 2.95. The van der Waals surface area contributed by atoms with E-state index in [0.29, 0.717) is 22.6 Å². The standard InChI is InChI=1S/C23H29N5O2/c1-3-4-15-27-16-13-20(14-17-27)26(2)19-11-9-18(10-12-19)23(29)30-28-22-8-6-5-7-21(22)24-25-28/h5-12,20H,3-4,13-17H2,1-2H3. The highest BCUT2D eigenvalue weighted by Crippen LogP contribution is 2.23. The molecule has 0 N–H and O–H groups in total. The van der Waals surface area contributed by atoms with E-state index in [0.717, 1.165) is 18.8 Å². The Morgan fingerprint density at radius 2 is 1.87 bits per heavy atom. The molecule has 0 aliphatic carbocycles. The molecule has 0 radical (unpaired) electrons. The van der Waals surface area contributed by atoms with Gasteiger partial charge in [0, 0.05) is 31.9 Å². The molecule has 2 aromatic carbocycles. The molecule has 1 aliphatic heterocycles. The number of hydrogen-bond donors (Lipinski definition) is 0. The summed E-state index contributed by atoms with van der Waals surface area (Å²) in [5, 5.41) is 7.91. The summed E-state index contributed by atoms with van der Waals surface area (Å²) in [7, 11) is 2.14. The fraction of sp³-hybridized carbons (Fsp3) is 0.435. The molecule has 158 valence electrons. The first-order valence-electron chi connectivity index (χ1n) is 10.7. The molecule has 1 aliphatic rings. The summed E-state index contributed by atoms with van der Waals surface area (Å²) in [6.45, 7) is 5.77. The van der Waals surface area contributed by atoms with Crippen molar-refractivity contribution in [3.63, 3.8) is 0 Å². The molecule has 1 saturated heterocycles. The van der Waals surface area contributed by atoms with Crippen LogP contribution >= 0.6 is 0 Å². The first-order chi connectivity index (χ1) is 14.7. The molecular weight excluding hydrogens is 378 g/mol. The fourth-order valence-corrected chi connectivity index (χ4v) is 4.00. The topological polar surface area (TPSA) is 63.5 Å². The van der Waals surface area contributed by atoms with Crippen LogP contribution in [0, 0.1) is 0 Å². The van der Waals surface area contributed by atoms with Crippen molar-refractivity contribution in [3.8, 4) is 0 Å². The van der Waals surface area contributed by atoms with Crippen molar-refractivity contribution in [2.24, 2.45) is 0 Å². The summed E-state index contributed by atoms with van der Waals surface area (Å²) in [4.78, 5) is 24.0. The van der Waals surface area contributed by atoms with Gasteiger partial charge in [0.2, 0.25) is 0 Å². The molecule has 7 nitrogen and oxygen atoms in total. The maximum Gasteiger partial charge on any atom is 0.365 e. The zero-order valence-corrected chi connectivity index (χ0v) is 17.7. The number of carbonyl (C=O) groups excluding carboxylic acids is 1. The highest BCUT2D eigenvalue weighted by Gasteiger charge is 2.22. The summed E-state index contributed by atoms with van der Waals surface area (Å²) >= 11 is 0. The Labute approximate surface area is 177 Å². The number of rotatable bonds is 7. The minimum atomic E-state index is -0.455. The van der Waals surface area contributed by atoms with Crippen LogP contribution in [-0.2, 0) is 0 Å². The van der Waals surface area contributed by atoms with E-state index in [1.165, 1.54) is 37.1 Å². The van der Waals surface area contributed by atoms with Crippen LogP contribution in [0.15, 0.2) is 48.5 Å². The summed E-state index contributed by atoms with van der Waals surface area (Å²) in [6, 6.07) is 15.5. The Morgan fingerprint density at radius 1 is 1.13 bits per heavy atom. The van der Waals surface area contributed by atoms with E-state index >= 15 is 0 Å². The Kier molecular flexibility index (Phi) is 6.28. The number of carbonyl (C=O) groups is 1. The number of likely N-dealkylation sites (tertiary alicyclic amines) is 1. The quantitative estimate of drug-likeness (QED) is 0.560. The van der Waals surface area contributed by atoms with Crippen molar-refractivity contribution in [2.75, 3.05) is 31.6 Å². The molecular formula is C23H29N5O2. The molecule has 0 unspecified atom stereocenters. The van der Waals surface area contributed by atoms with Crippen LogP contribution in [0.3, 0.4) is 0 Å². The molecule has 2 heterocycles. The van der Waals surface area contributed by atoms with Gasteiger partial charge in [0.15, 0.2) is 0 Å². The lowest BCUT2D eigenvalue weighted by atomic mass is 10.0. The normalized spacial score (nSPS) is 15.4. The third kappa shape index (κ3) is 4.46. The minimum Gasteiger partial charge on any atom is -0.372 e. The summed E-state index contributed by atoms with van der Waals surface area (Å²) in [5.74, 6) is -0.455. The molecule has 0 bridgehead atoms. The molecule has 1 aromatic heterocycles. The average molecular weight is 408 g/mol. The monoisotopic (exact) mass is 407 g/mol. The molecule has 0 saturated carbocycles. The second-order valence-electron chi connectivity index (χ2n) is 7.91. The van der Waals surface area contributed by atoms with Crippen LogP contribution in [0.4, 0.5) is 5.69 Å². The zero-order chi connectivity index (χ0) is 20.9. The summed E-state index contributed by atoms with van der Waals surface area (Å²) < 4.78 is 0. The van der Waals surface area contributed by atoms with Crippen LogP contribution in [0.25, 0.3) is 11.0 Å². The van der Waals surface area contributed by atoms with Crippen molar-refractivity contribution in [2.45, 2.75) is 38.6 Å². The van der Waals surface area contributed by atoms with Crippen molar-refractivity contribution >= 4 is 22.7 Å². The predicted octanol–water partition coefficient (Wildman–Crippen LogP) is 3.40. The number of aromatic nitrogens is 3. The Bertz CT molecular complexity index is 977. The van der Waals surface area contributed by atoms with Crippen LogP contribution in [-0.4, -0.2) is 58.8 Å². The smallest absolute Gasteiger partial charge is 0.365 e. The van der Waals surface area contributed by atoms with E-state index in [1.807, 2.05) is 48.5 Å². The van der Waals surface area contributed by atoms with E-state index in [4.69, 9.17) is 4.84 Å². The highest BCUT2D eigenvalue weighted by molar-refractivity contribution is 5.90. The molecule has 4 rings (SSSR count). The van der Waals surface area contributed by atoms with Gasteiger partial charge in [-0.25, -0.2) is 4.79 Å². The van der Waals surface area contributed by atoms with Gasteiger partial charge in [-0.05, 0) is 67.4 Å². The molecule has 1 fully saturated rings. The first kappa shape index (κ1) is 20.3. The maximum atomic E-state index is 12.5. The van der Waals surface area contributed by atoms with Crippen molar-refractivity contribution in [1.82, 2.24) is 20.1 Å². The van der Waals surface area contributed by atoms with Gasteiger partial charge in [-0.15, -0.1) is 5.10 Å². The summed E-state index contributed by atoms with van der Waals surface area (Å²) in [6.07, 6.45) is 4.87. The number of para-hydroxylation sites is 1. The lowest BCUT2D eigenvalue weighted by Crippen LogP contribution is -2.43. The highest BCUT2D eigenvalue weighted by atomic mass is 16.7. The molecule has 0 spiro atoms. The van der Waals surface area contributed by atoms with Crippen molar-refractivity contribution in [3.05, 3.63) is 54.1 Å². The lowest BCUT2D eigenvalue weighted by Gasteiger charge is -2.38. The minimum absolute atomic E-state index is 0.455. The van der Waals surface area contributed by atoms with Gasteiger partial charge >= 0.3 is 5.97 Å². The van der Waals surface area contributed by atoms with Crippen LogP contribution < -0.4 is 9.74 Å². The number of piperidine rings is 1. The van der Waals surface area contributed by atoms with Gasteiger partial charge in [-0.3, -0.25) is 0 Å². The number of nitrogens with zero attached hydrogens (tertiary/aromatic N) is 5. The van der Waals surface area contributed by atoms with Crippen molar-refractivity contribution < 1.29 is 9.63 Å². The van der Waals surface area contributed by atoms with Crippen LogP contribution in [0.5, 0.6) is 0 Å². The Hall–Kier alpha value is -2.93. The lowest BCUT2D eigenvalue weighted by molar-refractivity contribution is 0.0409. The Morgan fingerprint density at radius 3 is 2.60 bits per heavy atom. The van der Waals surface area contributed by atoms with Gasteiger partial charge in [0.05, 0.1) is 5.56 Å². The van der Waals surface area contributed by atoms with Gasteiger partial charge in [-0.1, -0.05) is 30.3 Å². The van der Waals surface area contributed by atoms with Crippen LogP contribution in [0.2, 0.25) is 0 Å². The first-order valence-corrected chi connectivity index (χ1v) is 10.7. The molecule has 0 amide bonds. The third-order valence-electron chi connectivity index (χ3n) is 5.93. The number of anilines is 1. The number of benzene rings is 2. The predicted molar refractivity (Wildman–Crippen MR) is 118 cm³/mol. The van der Waals surface area contributed by atoms with Gasteiger partial charge < -0.3 is 14.6 Å². The van der Waals surface area contributed by atoms with E-state index in [9.17, 15) is 4.79 Å².